The van der Waals surface area contributed by atoms with E-state index < -0.39 is 0 Å². The average Bonchev–Trinajstić information content (AvgIpc) is 2.33. The van der Waals surface area contributed by atoms with Gasteiger partial charge in [0.05, 0.1) is 0 Å². The number of hydrogen-bond donors (Lipinski definition) is 0. The van der Waals surface area contributed by atoms with E-state index in [1.165, 1.54) is 0 Å². The molecule has 0 aliphatic carbocycles. The molecule has 0 aromatic heterocycles. The second-order valence-electron chi connectivity index (χ2n) is 0. The Morgan fingerprint density at radius 1 is 0.500 bits per heavy atom. The molecule has 74 valence electrons. The van der Waals surface area contributed by atoms with Crippen LogP contribution in [0.3, 0.4) is 0 Å². The van der Waals surface area contributed by atoms with Gasteiger partial charge in [0.15, 0.2) is 0 Å². The molecule has 0 unspecified atom stereocenters. The predicted octanol–water partition coefficient (Wildman–Crippen LogP) is -0.343. The molecule has 0 saturated heterocycles. The zero-order chi connectivity index (χ0) is 12.0. The Bertz CT molecular complexity index is 27.5. The summed E-state index contributed by atoms with van der Waals surface area (Å²) in [6, 6.07) is 0. The van der Waals surface area contributed by atoms with Gasteiger partial charge in [-0.05, 0) is 0 Å². The molecule has 5 nitrogen and oxygen atoms in total. The number of hydrogen-bond acceptors (Lipinski definition) is 5. The molecule has 0 N–H and O–H groups in total. The summed E-state index contributed by atoms with van der Waals surface area (Å²) in [5.74, 6) is 1.81. The molecule has 0 aliphatic heterocycles. The molecule has 0 amide bonds. The first-order valence-corrected chi connectivity index (χ1v) is 3.00. The summed E-state index contributed by atoms with van der Waals surface area (Å²) in [5, 5.41) is 0. The third kappa shape index (κ3) is 430. The molecule has 12 heavy (non-hydrogen) atoms. The van der Waals surface area contributed by atoms with Crippen LogP contribution < -0.4 is 0 Å². The molecule has 0 fully saturated rings. The summed E-state index contributed by atoms with van der Waals surface area (Å²) in [7, 11) is 0. The van der Waals surface area contributed by atoms with Crippen LogP contribution in [-0.4, -0.2) is 33.9 Å². The van der Waals surface area contributed by atoms with Crippen LogP contribution in [0, 0.1) is 0 Å². The van der Waals surface area contributed by atoms with Crippen LogP contribution in [-0.2, 0) is 40.0 Å². The Morgan fingerprint density at radius 3 is 0.500 bits per heavy atom. The molecule has 0 bridgehead atoms. The number of carbonyl (C=O) groups is 5. The van der Waals surface area contributed by atoms with E-state index in [1.807, 2.05) is 39.8 Å². The van der Waals surface area contributed by atoms with E-state index in [4.69, 9.17) is 24.0 Å². The molecule has 0 rings (SSSR count). The van der Waals surface area contributed by atoms with Crippen LogP contribution in [0.4, 0.5) is 0 Å². The number of carbonyl (C=O) groups excluding carboxylic acids is 5. The standard InChI is InChI=1S/5CH2O.CH3.Mn/c5*1-2;;/h5*1H2;1H3;. The van der Waals surface area contributed by atoms with E-state index >= 15 is 0 Å². The molecular formula is C6H13MnO5. The molecule has 0 saturated carbocycles. The minimum absolute atomic E-state index is 1.81. The van der Waals surface area contributed by atoms with Gasteiger partial charge in [0.1, 0.15) is 33.9 Å². The van der Waals surface area contributed by atoms with Gasteiger partial charge in [-0.3, -0.25) is 0 Å². The van der Waals surface area contributed by atoms with Gasteiger partial charge in [0, 0.05) is 0 Å². The van der Waals surface area contributed by atoms with Crippen molar-refractivity contribution in [1.82, 2.24) is 0 Å². The Kier molecular flexibility index (Phi) is 2260. The van der Waals surface area contributed by atoms with Crippen molar-refractivity contribution in [3.8, 4) is 0 Å². The molecule has 0 spiro atoms. The summed E-state index contributed by atoms with van der Waals surface area (Å²) in [5.41, 5.74) is 0. The monoisotopic (exact) mass is 220 g/mol. The molecule has 0 aromatic rings. The van der Waals surface area contributed by atoms with Crippen molar-refractivity contribution in [1.29, 1.82) is 0 Å². The van der Waals surface area contributed by atoms with Gasteiger partial charge >= 0.3 is 21.8 Å². The first-order valence-electron chi connectivity index (χ1n) is 1.82. The van der Waals surface area contributed by atoms with Crippen molar-refractivity contribution in [2.45, 2.75) is 5.82 Å². The van der Waals surface area contributed by atoms with Gasteiger partial charge in [-0.15, -0.1) is 0 Å². The predicted molar refractivity (Wildman–Crippen MR) is 41.5 cm³/mol. The fourth-order valence-electron chi connectivity index (χ4n) is 0. The van der Waals surface area contributed by atoms with Crippen LogP contribution in [0.15, 0.2) is 0 Å². The van der Waals surface area contributed by atoms with Gasteiger partial charge < -0.3 is 24.0 Å². The zero-order valence-electron chi connectivity index (χ0n) is 6.95. The first-order chi connectivity index (χ1) is 6.00. The Balaban J connectivity index is -0.00000000900. The van der Waals surface area contributed by atoms with E-state index in [9.17, 15) is 0 Å². The Labute approximate surface area is 80.3 Å². The molecule has 0 aromatic carbocycles. The topological polar surface area (TPSA) is 85.3 Å². The summed E-state index contributed by atoms with van der Waals surface area (Å²) < 4.78 is 0. The maximum atomic E-state index is 8.00. The van der Waals surface area contributed by atoms with Crippen LogP contribution in [0.1, 0.15) is 0 Å². The SMILES string of the molecule is C=O.C=O.C=O.C=O.C=O.[CH3][Mn]. The van der Waals surface area contributed by atoms with Crippen LogP contribution in [0.25, 0.3) is 0 Å². The van der Waals surface area contributed by atoms with Crippen molar-refractivity contribution in [2.24, 2.45) is 0 Å². The van der Waals surface area contributed by atoms with Crippen LogP contribution >= 0.6 is 0 Å². The molecule has 0 heterocycles. The van der Waals surface area contributed by atoms with Gasteiger partial charge in [-0.25, -0.2) is 0 Å². The quantitative estimate of drug-likeness (QED) is 0.521. The van der Waals surface area contributed by atoms with E-state index in [0.29, 0.717) is 0 Å². The van der Waals surface area contributed by atoms with Crippen molar-refractivity contribution in [3.63, 3.8) is 0 Å². The van der Waals surface area contributed by atoms with Gasteiger partial charge in [-0.2, -0.15) is 0 Å². The maximum absolute atomic E-state index is 8.00. The van der Waals surface area contributed by atoms with Crippen molar-refractivity contribution in [2.75, 3.05) is 0 Å². The van der Waals surface area contributed by atoms with E-state index in [-0.39, 0.29) is 0 Å². The van der Waals surface area contributed by atoms with Gasteiger partial charge in [-0.1, -0.05) is 0 Å². The first kappa shape index (κ1) is 44.7. The Morgan fingerprint density at radius 2 is 0.500 bits per heavy atom. The minimum atomic E-state index is 1.81. The normalized spacial score (nSPS) is 2.17. The summed E-state index contributed by atoms with van der Waals surface area (Å²) in [6.45, 7) is 10.0. The van der Waals surface area contributed by atoms with E-state index in [0.717, 1.165) is 0 Å². The van der Waals surface area contributed by atoms with Gasteiger partial charge in [0.25, 0.3) is 0 Å². The van der Waals surface area contributed by atoms with Crippen molar-refractivity contribution in [3.05, 3.63) is 0 Å². The number of rotatable bonds is 0. The zero-order valence-corrected chi connectivity index (χ0v) is 8.14. The van der Waals surface area contributed by atoms with Crippen LogP contribution in [0.2, 0.25) is 5.82 Å². The molecule has 0 atom stereocenters. The van der Waals surface area contributed by atoms with E-state index in [1.54, 1.807) is 0 Å². The second kappa shape index (κ2) is 607. The second-order valence-corrected chi connectivity index (χ2v) is 0. The van der Waals surface area contributed by atoms with Crippen molar-refractivity contribution >= 4 is 33.9 Å². The van der Waals surface area contributed by atoms with Crippen molar-refractivity contribution < 1.29 is 40.0 Å². The molecule has 0 aliphatic rings. The summed E-state index contributed by atoms with van der Waals surface area (Å²) in [6.07, 6.45) is 0. The van der Waals surface area contributed by atoms with Crippen LogP contribution in [0.5, 0.6) is 0 Å². The average molecular weight is 220 g/mol. The summed E-state index contributed by atoms with van der Waals surface area (Å²) >= 11 is 2.94. The molecule has 6 heteroatoms. The van der Waals surface area contributed by atoms with E-state index in [2.05, 4.69) is 16.0 Å². The molecule has 0 radical (unpaired) electrons. The fraction of sp³-hybridized carbons (Fsp3) is 0.167. The molecular weight excluding hydrogens is 207 g/mol. The fourth-order valence-corrected chi connectivity index (χ4v) is 0. The third-order valence-electron chi connectivity index (χ3n) is 0. The summed E-state index contributed by atoms with van der Waals surface area (Å²) in [4.78, 5) is 40.0. The van der Waals surface area contributed by atoms with Gasteiger partial charge in [0.2, 0.25) is 0 Å². The third-order valence-corrected chi connectivity index (χ3v) is 0. The Hall–Kier alpha value is -1.13.